The lowest BCUT2D eigenvalue weighted by atomic mass is 10.1. The summed E-state index contributed by atoms with van der Waals surface area (Å²) >= 11 is 0. The number of carbonyl (C=O) groups excluding carboxylic acids is 3. The van der Waals surface area contributed by atoms with E-state index in [1.165, 1.54) is 24.4 Å². The Kier molecular flexibility index (Phi) is 11.7. The number of aryl methyl sites for hydroxylation is 3. The summed E-state index contributed by atoms with van der Waals surface area (Å²) in [7, 11) is -0.616. The van der Waals surface area contributed by atoms with Gasteiger partial charge < -0.3 is 20.7 Å². The fraction of sp³-hybridized carbons (Fsp3) is 0.375. The van der Waals surface area contributed by atoms with E-state index in [4.69, 9.17) is 15.6 Å². The number of hydrogen-bond acceptors (Lipinski definition) is 11. The second kappa shape index (κ2) is 15.4. The third-order valence-corrected chi connectivity index (χ3v) is 9.91. The fourth-order valence-electron chi connectivity index (χ4n) is 5.15. The van der Waals surface area contributed by atoms with Crippen LogP contribution in [0.2, 0.25) is 0 Å². The molecule has 4 aromatic rings. The van der Waals surface area contributed by atoms with E-state index in [2.05, 4.69) is 20.4 Å². The highest BCUT2D eigenvalue weighted by Crippen LogP contribution is 2.32. The summed E-state index contributed by atoms with van der Waals surface area (Å²) in [6.07, 6.45) is -0.751. The Bertz CT molecular complexity index is 1980. The van der Waals surface area contributed by atoms with E-state index in [0.717, 1.165) is 27.2 Å². The van der Waals surface area contributed by atoms with Crippen LogP contribution < -0.4 is 26.0 Å². The Hall–Kier alpha value is -4.50. The molecule has 2 unspecified atom stereocenters. The van der Waals surface area contributed by atoms with Crippen molar-refractivity contribution in [3.63, 3.8) is 0 Å². The summed E-state index contributed by atoms with van der Waals surface area (Å²) in [5.41, 5.74) is 8.41. The van der Waals surface area contributed by atoms with Crippen LogP contribution in [0.3, 0.4) is 0 Å². The first-order valence-electron chi connectivity index (χ1n) is 15.4. The van der Waals surface area contributed by atoms with Gasteiger partial charge in [-0.1, -0.05) is 28.5 Å². The zero-order chi connectivity index (χ0) is 36.2. The molecule has 49 heavy (non-hydrogen) atoms. The first-order valence-corrected chi connectivity index (χ1v) is 18.5. The number of amides is 2. The number of hydrogen-bond donors (Lipinski definition) is 3. The minimum atomic E-state index is -4.20. The average Bonchev–Trinajstić information content (AvgIpc) is 3.34. The molecule has 2 heterocycles. The predicted octanol–water partition coefficient (Wildman–Crippen LogP) is 3.36. The highest BCUT2D eigenvalue weighted by Gasteiger charge is 2.34. The van der Waals surface area contributed by atoms with Gasteiger partial charge in [0.2, 0.25) is 16.0 Å². The van der Waals surface area contributed by atoms with E-state index < -0.39 is 40.1 Å². The predicted molar refractivity (Wildman–Crippen MR) is 190 cm³/mol. The monoisotopic (exact) mass is 711 g/mol. The van der Waals surface area contributed by atoms with E-state index in [-0.39, 0.29) is 43.6 Å². The van der Waals surface area contributed by atoms with Crippen LogP contribution in [0.25, 0.3) is 10.9 Å². The Labute approximate surface area is 287 Å². The van der Waals surface area contributed by atoms with Crippen molar-refractivity contribution in [3.05, 3.63) is 59.9 Å². The van der Waals surface area contributed by atoms with E-state index in [1.54, 1.807) is 50.1 Å². The van der Waals surface area contributed by atoms with Crippen molar-refractivity contribution in [1.29, 1.82) is 0 Å². The molecule has 0 saturated carbocycles. The largest absolute Gasteiger partial charge is 0.435 e. The molecule has 0 aliphatic carbocycles. The minimum absolute atomic E-state index is 0.0242. The number of nitrogens with two attached hydrogens (primary N) is 2. The number of nitrogens with one attached hydrogen (secondary N) is 1. The van der Waals surface area contributed by atoms with Gasteiger partial charge in [-0.2, -0.15) is 10.1 Å². The number of carbonyl (C=O) groups is 3. The van der Waals surface area contributed by atoms with Gasteiger partial charge >= 0.3 is 6.09 Å². The third-order valence-electron chi connectivity index (χ3n) is 8.02. The molecule has 0 radical (unpaired) electrons. The molecule has 0 bridgehead atoms. The van der Waals surface area contributed by atoms with E-state index >= 15 is 0 Å². The molecule has 0 saturated heterocycles. The number of sulfonamides is 1. The van der Waals surface area contributed by atoms with Gasteiger partial charge in [0.15, 0.2) is 11.6 Å². The molecule has 3 atom stereocenters. The van der Waals surface area contributed by atoms with E-state index in [1.807, 2.05) is 32.2 Å². The van der Waals surface area contributed by atoms with Gasteiger partial charge in [0.25, 0.3) is 5.91 Å². The van der Waals surface area contributed by atoms with Crippen molar-refractivity contribution in [2.24, 2.45) is 23.8 Å². The molecule has 0 spiro atoms. The van der Waals surface area contributed by atoms with Crippen molar-refractivity contribution in [2.75, 3.05) is 30.1 Å². The quantitative estimate of drug-likeness (QED) is 0.171. The topological polar surface area (TPSA) is 209 Å². The van der Waals surface area contributed by atoms with Crippen LogP contribution in [-0.2, 0) is 31.4 Å². The number of aromatic nitrogens is 4. The first-order chi connectivity index (χ1) is 23.1. The normalized spacial score (nSPS) is 13.1. The summed E-state index contributed by atoms with van der Waals surface area (Å²) in [4.78, 5) is 51.5. The number of nitrogens with zero attached hydrogens (tertiary/aromatic N) is 6. The first kappa shape index (κ1) is 37.3. The fourth-order valence-corrected chi connectivity index (χ4v) is 6.52. The lowest BCUT2D eigenvalue weighted by Crippen LogP contribution is -2.49. The van der Waals surface area contributed by atoms with Crippen LogP contribution >= 0.6 is 8.58 Å². The SMILES string of the molecule is CPC(=O)[C@H](CCN)NC(=O)C(OC(=O)N(c1ccc(C)c(S(N)(=O)=O)c1)c1nccc(N(C)c2ccc3c(C)n(C)nc3c2)n1)C(C)C. The maximum atomic E-state index is 14.1. The summed E-state index contributed by atoms with van der Waals surface area (Å²) in [6, 6.07) is 10.8. The average molecular weight is 712 g/mol. The molecule has 17 heteroatoms. The zero-order valence-corrected chi connectivity index (χ0v) is 30.3. The van der Waals surface area contributed by atoms with Crippen LogP contribution in [0.5, 0.6) is 0 Å². The maximum absolute atomic E-state index is 14.1. The van der Waals surface area contributed by atoms with Crippen LogP contribution in [0.15, 0.2) is 53.6 Å². The van der Waals surface area contributed by atoms with Crippen molar-refractivity contribution in [2.45, 2.75) is 51.2 Å². The number of anilines is 4. The number of primary sulfonamides is 1. The number of rotatable bonds is 13. The minimum Gasteiger partial charge on any atom is -0.435 e. The molecule has 2 amide bonds. The van der Waals surface area contributed by atoms with E-state index in [0.29, 0.717) is 11.4 Å². The molecule has 2 aromatic heterocycles. The van der Waals surface area contributed by atoms with Gasteiger partial charge in [0, 0.05) is 37.1 Å². The molecule has 2 aromatic carbocycles. The molecule has 0 fully saturated rings. The Balaban J connectivity index is 1.77. The summed E-state index contributed by atoms with van der Waals surface area (Å²) in [5, 5.41) is 13.7. The van der Waals surface area contributed by atoms with Crippen LogP contribution in [0.4, 0.5) is 27.9 Å². The lowest BCUT2D eigenvalue weighted by Gasteiger charge is -2.28. The van der Waals surface area contributed by atoms with E-state index in [9.17, 15) is 22.8 Å². The van der Waals surface area contributed by atoms with Crippen LogP contribution in [-0.4, -0.2) is 78.1 Å². The van der Waals surface area contributed by atoms with Crippen molar-refractivity contribution < 1.29 is 27.5 Å². The standard InChI is InChI=1S/C32H42N9O6PS/c1-18(2)28(29(42)36-24(12-14-33)30(43)48-7)47-32(44)41(22-9-8-19(3)26(17-22)49(34,45)46)31-35-15-13-27(37-31)39(5)21-10-11-23-20(4)40(6)38-25(23)16-21/h8-11,13,15-18,24,28,48H,12,14,33H2,1-7H3,(H,36,42)(H2,34,45,46)/t24-,28?/m0/s1. The summed E-state index contributed by atoms with van der Waals surface area (Å²) in [5.74, 6) is -0.989. The highest BCUT2D eigenvalue weighted by atomic mass is 32.2. The molecule has 0 aliphatic heterocycles. The highest BCUT2D eigenvalue weighted by molar-refractivity contribution is 7.89. The second-order valence-corrected chi connectivity index (χ2v) is 14.3. The van der Waals surface area contributed by atoms with Crippen molar-refractivity contribution >= 4 is 70.2 Å². The Morgan fingerprint density at radius 2 is 1.78 bits per heavy atom. The number of ether oxygens (including phenoxy) is 1. The van der Waals surface area contributed by atoms with Gasteiger partial charge in [-0.05, 0) is 81.4 Å². The van der Waals surface area contributed by atoms with Crippen molar-refractivity contribution in [3.8, 4) is 0 Å². The van der Waals surface area contributed by atoms with Gasteiger partial charge in [-0.15, -0.1) is 0 Å². The van der Waals surface area contributed by atoms with Crippen LogP contribution in [0, 0.1) is 19.8 Å². The Morgan fingerprint density at radius 3 is 2.41 bits per heavy atom. The molecular weight excluding hydrogens is 669 g/mol. The smallest absolute Gasteiger partial charge is 0.422 e. The molecule has 5 N–H and O–H groups in total. The van der Waals surface area contributed by atoms with Crippen molar-refractivity contribution in [1.82, 2.24) is 25.1 Å². The molecule has 262 valence electrons. The van der Waals surface area contributed by atoms with Gasteiger partial charge in [0.05, 0.1) is 22.1 Å². The Morgan fingerprint density at radius 1 is 1.08 bits per heavy atom. The molecule has 4 rings (SSSR count). The lowest BCUT2D eigenvalue weighted by molar-refractivity contribution is -0.133. The van der Waals surface area contributed by atoms with Crippen LogP contribution in [0.1, 0.15) is 31.5 Å². The van der Waals surface area contributed by atoms with Gasteiger partial charge in [-0.25, -0.2) is 28.2 Å². The van der Waals surface area contributed by atoms with Gasteiger partial charge in [0.1, 0.15) is 5.82 Å². The third kappa shape index (κ3) is 8.39. The molecule has 15 nitrogen and oxygen atoms in total. The maximum Gasteiger partial charge on any atom is 0.422 e. The number of fused-ring (bicyclic) bond motifs is 1. The zero-order valence-electron chi connectivity index (χ0n) is 28.5. The number of benzene rings is 2. The van der Waals surface area contributed by atoms with Gasteiger partial charge in [-0.3, -0.25) is 14.3 Å². The molecule has 0 aliphatic rings. The second-order valence-electron chi connectivity index (χ2n) is 11.8. The summed E-state index contributed by atoms with van der Waals surface area (Å²) < 4.78 is 32.5. The summed E-state index contributed by atoms with van der Waals surface area (Å²) in [6.45, 7) is 8.77. The molecular formula is C32H42N9O6PS.